The number of amides is 2. The number of hydrogen-bond acceptors (Lipinski definition) is 4. The molecule has 0 spiro atoms. The Balaban J connectivity index is 2.39. The standard InChI is InChI=1S/C24H32ClN3O4S/c1-6-18(3)26-24(30)19(4)27(15-20-13-11-17(2)12-14-20)23(29)16-28(33(5,31)32)22-10-8-7-9-21(22)25/h7-14,18-19H,6,15-16H2,1-5H3,(H,26,30)/t18-,19+/m0/s1. The van der Waals surface area contributed by atoms with Crippen molar-refractivity contribution in [2.45, 2.75) is 52.7 Å². The molecule has 33 heavy (non-hydrogen) atoms. The minimum atomic E-state index is -3.82. The Labute approximate surface area is 201 Å². The van der Waals surface area contributed by atoms with Gasteiger partial charge in [0.2, 0.25) is 21.8 Å². The molecule has 2 amide bonds. The number of nitrogens with zero attached hydrogens (tertiary/aromatic N) is 2. The predicted octanol–water partition coefficient (Wildman–Crippen LogP) is 3.75. The Hall–Kier alpha value is -2.58. The number of hydrogen-bond donors (Lipinski definition) is 1. The fraction of sp³-hybridized carbons (Fsp3) is 0.417. The fourth-order valence-corrected chi connectivity index (χ4v) is 4.34. The second-order valence-electron chi connectivity index (χ2n) is 8.22. The molecule has 1 N–H and O–H groups in total. The zero-order valence-electron chi connectivity index (χ0n) is 19.7. The van der Waals surface area contributed by atoms with E-state index in [1.165, 1.54) is 4.90 Å². The highest BCUT2D eigenvalue weighted by atomic mass is 35.5. The van der Waals surface area contributed by atoms with Crippen molar-refractivity contribution in [3.8, 4) is 0 Å². The molecule has 9 heteroatoms. The lowest BCUT2D eigenvalue weighted by atomic mass is 10.1. The van der Waals surface area contributed by atoms with Crippen LogP contribution in [0.2, 0.25) is 5.02 Å². The van der Waals surface area contributed by atoms with Crippen molar-refractivity contribution in [2.75, 3.05) is 17.1 Å². The third kappa shape index (κ3) is 7.47. The number of carbonyl (C=O) groups excluding carboxylic acids is 2. The van der Waals surface area contributed by atoms with Crippen LogP contribution in [-0.4, -0.2) is 50.0 Å². The van der Waals surface area contributed by atoms with Crippen molar-refractivity contribution < 1.29 is 18.0 Å². The van der Waals surface area contributed by atoms with Gasteiger partial charge in [0.05, 0.1) is 17.0 Å². The molecule has 0 heterocycles. The molecule has 0 aliphatic rings. The topological polar surface area (TPSA) is 86.8 Å². The Kier molecular flexibility index (Phi) is 9.31. The van der Waals surface area contributed by atoms with Crippen molar-refractivity contribution in [1.82, 2.24) is 10.2 Å². The van der Waals surface area contributed by atoms with E-state index in [1.807, 2.05) is 45.0 Å². The molecule has 180 valence electrons. The lowest BCUT2D eigenvalue weighted by Gasteiger charge is -2.32. The van der Waals surface area contributed by atoms with Gasteiger partial charge >= 0.3 is 0 Å². The molecule has 0 fully saturated rings. The van der Waals surface area contributed by atoms with Gasteiger partial charge in [0, 0.05) is 12.6 Å². The maximum Gasteiger partial charge on any atom is 0.244 e. The van der Waals surface area contributed by atoms with E-state index in [9.17, 15) is 18.0 Å². The van der Waals surface area contributed by atoms with E-state index in [0.29, 0.717) is 0 Å². The van der Waals surface area contributed by atoms with E-state index < -0.39 is 28.5 Å². The summed E-state index contributed by atoms with van der Waals surface area (Å²) in [5.41, 5.74) is 2.11. The van der Waals surface area contributed by atoms with Gasteiger partial charge in [-0.1, -0.05) is 60.5 Å². The Bertz CT molecular complexity index is 1070. The fourth-order valence-electron chi connectivity index (χ4n) is 3.19. The molecule has 0 aliphatic heterocycles. The predicted molar refractivity (Wildman–Crippen MR) is 133 cm³/mol. The van der Waals surface area contributed by atoms with E-state index in [1.54, 1.807) is 31.2 Å². The monoisotopic (exact) mass is 493 g/mol. The van der Waals surface area contributed by atoms with Gasteiger partial charge in [0.25, 0.3) is 0 Å². The van der Waals surface area contributed by atoms with Crippen molar-refractivity contribution in [1.29, 1.82) is 0 Å². The summed E-state index contributed by atoms with van der Waals surface area (Å²) in [4.78, 5) is 27.7. The first-order valence-electron chi connectivity index (χ1n) is 10.8. The zero-order valence-corrected chi connectivity index (χ0v) is 21.3. The van der Waals surface area contributed by atoms with Gasteiger partial charge < -0.3 is 10.2 Å². The molecule has 0 unspecified atom stereocenters. The van der Waals surface area contributed by atoms with E-state index in [0.717, 1.165) is 28.1 Å². The molecule has 0 bridgehead atoms. The maximum absolute atomic E-state index is 13.5. The van der Waals surface area contributed by atoms with Crippen molar-refractivity contribution in [2.24, 2.45) is 0 Å². The number of aryl methyl sites for hydroxylation is 1. The number of nitrogens with one attached hydrogen (secondary N) is 1. The summed E-state index contributed by atoms with van der Waals surface area (Å²) in [6.45, 7) is 7.13. The molecule has 0 radical (unpaired) electrons. The Morgan fingerprint density at radius 3 is 2.21 bits per heavy atom. The van der Waals surface area contributed by atoms with Crippen LogP contribution in [0.4, 0.5) is 5.69 Å². The van der Waals surface area contributed by atoms with Crippen LogP contribution >= 0.6 is 11.6 Å². The molecule has 2 aromatic rings. The van der Waals surface area contributed by atoms with E-state index in [4.69, 9.17) is 11.6 Å². The maximum atomic E-state index is 13.5. The largest absolute Gasteiger partial charge is 0.352 e. The number of sulfonamides is 1. The molecular weight excluding hydrogens is 462 g/mol. The second kappa shape index (κ2) is 11.5. The molecule has 0 aliphatic carbocycles. The minimum Gasteiger partial charge on any atom is -0.352 e. The van der Waals surface area contributed by atoms with Crippen LogP contribution in [0.5, 0.6) is 0 Å². The van der Waals surface area contributed by atoms with Crippen LogP contribution < -0.4 is 9.62 Å². The van der Waals surface area contributed by atoms with E-state index in [-0.39, 0.29) is 29.2 Å². The van der Waals surface area contributed by atoms with Crippen molar-refractivity contribution in [3.63, 3.8) is 0 Å². The molecule has 7 nitrogen and oxygen atoms in total. The average molecular weight is 494 g/mol. The molecule has 2 aromatic carbocycles. The first-order chi connectivity index (χ1) is 15.4. The number of para-hydroxylation sites is 1. The lowest BCUT2D eigenvalue weighted by Crippen LogP contribution is -2.52. The third-order valence-corrected chi connectivity index (χ3v) is 6.89. The van der Waals surface area contributed by atoms with Gasteiger partial charge in [0.1, 0.15) is 12.6 Å². The van der Waals surface area contributed by atoms with Gasteiger partial charge in [-0.15, -0.1) is 0 Å². The smallest absolute Gasteiger partial charge is 0.244 e. The molecule has 0 saturated heterocycles. The first kappa shape index (κ1) is 26.7. The highest BCUT2D eigenvalue weighted by Gasteiger charge is 2.31. The summed E-state index contributed by atoms with van der Waals surface area (Å²) in [6.07, 6.45) is 1.77. The van der Waals surface area contributed by atoms with Crippen LogP contribution in [-0.2, 0) is 26.2 Å². The first-order valence-corrected chi connectivity index (χ1v) is 13.0. The summed E-state index contributed by atoms with van der Waals surface area (Å²) in [5, 5.41) is 3.11. The van der Waals surface area contributed by atoms with Gasteiger partial charge in [-0.3, -0.25) is 13.9 Å². The number of carbonyl (C=O) groups is 2. The van der Waals surface area contributed by atoms with Crippen molar-refractivity contribution >= 4 is 39.1 Å². The summed E-state index contributed by atoms with van der Waals surface area (Å²) in [5.74, 6) is -0.804. The minimum absolute atomic E-state index is 0.0491. The van der Waals surface area contributed by atoms with Crippen LogP contribution in [0.3, 0.4) is 0 Å². The average Bonchev–Trinajstić information content (AvgIpc) is 2.76. The van der Waals surface area contributed by atoms with Crippen molar-refractivity contribution in [3.05, 3.63) is 64.7 Å². The summed E-state index contributed by atoms with van der Waals surface area (Å²) < 4.78 is 26.1. The molecule has 0 saturated carbocycles. The third-order valence-electron chi connectivity index (χ3n) is 5.44. The van der Waals surface area contributed by atoms with Crippen LogP contribution in [0, 0.1) is 6.92 Å². The highest BCUT2D eigenvalue weighted by molar-refractivity contribution is 7.92. The second-order valence-corrected chi connectivity index (χ2v) is 10.5. The van der Waals surface area contributed by atoms with Gasteiger partial charge in [-0.2, -0.15) is 0 Å². The Morgan fingerprint density at radius 2 is 1.67 bits per heavy atom. The van der Waals surface area contributed by atoms with Crippen LogP contribution in [0.25, 0.3) is 0 Å². The number of halogens is 1. The highest BCUT2D eigenvalue weighted by Crippen LogP contribution is 2.27. The lowest BCUT2D eigenvalue weighted by molar-refractivity contribution is -0.139. The van der Waals surface area contributed by atoms with Crippen LogP contribution in [0.15, 0.2) is 48.5 Å². The summed E-state index contributed by atoms with van der Waals surface area (Å²) in [6, 6.07) is 13.2. The molecular formula is C24H32ClN3O4S. The number of anilines is 1. The molecule has 0 aromatic heterocycles. The number of benzene rings is 2. The molecule has 2 atom stereocenters. The van der Waals surface area contributed by atoms with Gasteiger partial charge in [-0.25, -0.2) is 8.42 Å². The van der Waals surface area contributed by atoms with E-state index in [2.05, 4.69) is 5.32 Å². The van der Waals surface area contributed by atoms with Crippen LogP contribution in [0.1, 0.15) is 38.3 Å². The van der Waals surface area contributed by atoms with Gasteiger partial charge in [0.15, 0.2) is 0 Å². The number of rotatable bonds is 10. The van der Waals surface area contributed by atoms with Gasteiger partial charge in [-0.05, 0) is 44.9 Å². The molecule has 2 rings (SSSR count). The Morgan fingerprint density at radius 1 is 1.06 bits per heavy atom. The SMILES string of the molecule is CC[C@H](C)NC(=O)[C@@H](C)N(Cc1ccc(C)cc1)C(=O)CN(c1ccccc1Cl)S(C)(=O)=O. The quantitative estimate of drug-likeness (QED) is 0.546. The van der Waals surface area contributed by atoms with E-state index >= 15 is 0 Å². The summed E-state index contributed by atoms with van der Waals surface area (Å²) in [7, 11) is -3.82. The zero-order chi connectivity index (χ0) is 24.8. The normalized spacial score (nSPS) is 13.2. The summed E-state index contributed by atoms with van der Waals surface area (Å²) >= 11 is 6.22.